The van der Waals surface area contributed by atoms with Crippen molar-refractivity contribution in [3.8, 4) is 17.5 Å². The van der Waals surface area contributed by atoms with E-state index in [2.05, 4.69) is 21.1 Å². The van der Waals surface area contributed by atoms with E-state index in [0.717, 1.165) is 31.0 Å². The summed E-state index contributed by atoms with van der Waals surface area (Å²) < 4.78 is 30.8. The number of aromatic nitrogens is 2. The number of carbonyl (C=O) groups is 1. The molecule has 0 spiro atoms. The van der Waals surface area contributed by atoms with Gasteiger partial charge in [0, 0.05) is 0 Å². The van der Waals surface area contributed by atoms with Crippen LogP contribution in [-0.4, -0.2) is 32.9 Å². The van der Waals surface area contributed by atoms with Crippen LogP contribution < -0.4 is 15.6 Å². The molecule has 0 unspecified atom stereocenters. The largest absolute Gasteiger partial charge is 0.435 e. The summed E-state index contributed by atoms with van der Waals surface area (Å²) in [6.45, 7) is -1.27. The van der Waals surface area contributed by atoms with Crippen LogP contribution in [0.25, 0.3) is 16.6 Å². The highest BCUT2D eigenvalue weighted by molar-refractivity contribution is 8.00. The standard InChI is InChI=1S/C25H24F2N4O3S/c1-16(21(32)30-25(15-28)13-5-2-6-14-25)35-24-29-20-8-4-3-7-19(20)22(33)31(24)17-9-11-18(12-10-17)34-23(26)27/h3-4,7-12,16,23H,2,5-6,13-14H2,1H3,(H,30,32)/t16-/m1/s1. The number of amides is 1. The lowest BCUT2D eigenvalue weighted by atomic mass is 9.83. The fraction of sp³-hybridized carbons (Fsp3) is 0.360. The summed E-state index contributed by atoms with van der Waals surface area (Å²) in [6.07, 6.45) is 4.02. The molecule has 0 bridgehead atoms. The van der Waals surface area contributed by atoms with Crippen LogP contribution in [-0.2, 0) is 4.79 Å². The van der Waals surface area contributed by atoms with Crippen molar-refractivity contribution >= 4 is 28.6 Å². The first-order valence-corrected chi connectivity index (χ1v) is 12.2. The highest BCUT2D eigenvalue weighted by atomic mass is 32.2. The molecule has 1 N–H and O–H groups in total. The fourth-order valence-electron chi connectivity index (χ4n) is 4.16. The van der Waals surface area contributed by atoms with Gasteiger partial charge in [0.1, 0.15) is 11.3 Å². The predicted molar refractivity (Wildman–Crippen MR) is 129 cm³/mol. The molecule has 0 aliphatic heterocycles. The van der Waals surface area contributed by atoms with Crippen LogP contribution >= 0.6 is 11.8 Å². The maximum Gasteiger partial charge on any atom is 0.387 e. The van der Waals surface area contributed by atoms with Gasteiger partial charge in [-0.15, -0.1) is 0 Å². The Hall–Kier alpha value is -3.45. The first-order valence-electron chi connectivity index (χ1n) is 11.3. The minimum absolute atomic E-state index is 0.0400. The lowest BCUT2D eigenvalue weighted by Crippen LogP contribution is -2.51. The molecule has 0 saturated heterocycles. The number of ether oxygens (including phenoxy) is 1. The molecule has 10 heteroatoms. The van der Waals surface area contributed by atoms with E-state index in [4.69, 9.17) is 0 Å². The third-order valence-corrected chi connectivity index (χ3v) is 7.05. The summed E-state index contributed by atoms with van der Waals surface area (Å²) in [5, 5.41) is 12.6. The van der Waals surface area contributed by atoms with E-state index in [1.807, 2.05) is 0 Å². The predicted octanol–water partition coefficient (Wildman–Crippen LogP) is 4.81. The van der Waals surface area contributed by atoms with Crippen molar-refractivity contribution in [1.82, 2.24) is 14.9 Å². The molecule has 1 heterocycles. The lowest BCUT2D eigenvalue weighted by Gasteiger charge is -2.32. The smallest absolute Gasteiger partial charge is 0.387 e. The molecule has 1 amide bonds. The Kier molecular flexibility index (Phi) is 7.36. The second-order valence-corrected chi connectivity index (χ2v) is 9.74. The van der Waals surface area contributed by atoms with Crippen molar-refractivity contribution in [3.05, 3.63) is 58.9 Å². The Morgan fingerprint density at radius 3 is 2.51 bits per heavy atom. The minimum atomic E-state index is -2.96. The summed E-state index contributed by atoms with van der Waals surface area (Å²) in [5.41, 5.74) is -0.358. The van der Waals surface area contributed by atoms with E-state index in [1.165, 1.54) is 28.8 Å². The number of halogens is 2. The SMILES string of the molecule is C[C@@H](Sc1nc2ccccc2c(=O)n1-c1ccc(OC(F)F)cc1)C(=O)NC1(C#N)CCCCC1. The second kappa shape index (κ2) is 10.4. The van der Waals surface area contributed by atoms with Gasteiger partial charge in [-0.1, -0.05) is 43.2 Å². The van der Waals surface area contributed by atoms with Crippen LogP contribution in [0.15, 0.2) is 58.5 Å². The zero-order chi connectivity index (χ0) is 25.0. The molecule has 2 aromatic carbocycles. The molecular weight excluding hydrogens is 474 g/mol. The van der Waals surface area contributed by atoms with E-state index in [1.54, 1.807) is 31.2 Å². The molecule has 1 fully saturated rings. The Morgan fingerprint density at radius 2 is 1.86 bits per heavy atom. The van der Waals surface area contributed by atoms with Gasteiger partial charge in [-0.25, -0.2) is 4.98 Å². The Balaban J connectivity index is 1.68. The molecule has 3 aromatic rings. The van der Waals surface area contributed by atoms with Gasteiger partial charge in [0.15, 0.2) is 5.16 Å². The fourth-order valence-corrected chi connectivity index (χ4v) is 5.09. The minimum Gasteiger partial charge on any atom is -0.435 e. The number of alkyl halides is 2. The van der Waals surface area contributed by atoms with Crippen molar-refractivity contribution < 1.29 is 18.3 Å². The number of para-hydroxylation sites is 1. The highest BCUT2D eigenvalue weighted by Gasteiger charge is 2.35. The number of nitriles is 1. The van der Waals surface area contributed by atoms with Gasteiger partial charge >= 0.3 is 6.61 Å². The Bertz CT molecular complexity index is 1320. The summed E-state index contributed by atoms with van der Waals surface area (Å²) in [7, 11) is 0. The molecule has 35 heavy (non-hydrogen) atoms. The highest BCUT2D eigenvalue weighted by Crippen LogP contribution is 2.30. The number of hydrogen-bond donors (Lipinski definition) is 1. The van der Waals surface area contributed by atoms with E-state index in [0.29, 0.717) is 29.4 Å². The van der Waals surface area contributed by atoms with Gasteiger partial charge in [0.2, 0.25) is 5.91 Å². The van der Waals surface area contributed by atoms with Crippen molar-refractivity contribution in [1.29, 1.82) is 5.26 Å². The molecule has 7 nitrogen and oxygen atoms in total. The average molecular weight is 499 g/mol. The summed E-state index contributed by atoms with van der Waals surface area (Å²) in [6, 6.07) is 14.8. The van der Waals surface area contributed by atoms with Crippen LogP contribution in [0.1, 0.15) is 39.0 Å². The van der Waals surface area contributed by atoms with Crippen LogP contribution in [0.4, 0.5) is 8.78 Å². The number of nitrogens with zero attached hydrogens (tertiary/aromatic N) is 3. The van der Waals surface area contributed by atoms with Crippen LogP contribution in [0.2, 0.25) is 0 Å². The van der Waals surface area contributed by atoms with Gasteiger partial charge in [-0.05, 0) is 56.2 Å². The lowest BCUT2D eigenvalue weighted by molar-refractivity contribution is -0.122. The third-order valence-electron chi connectivity index (χ3n) is 6.00. The maximum atomic E-state index is 13.4. The number of nitrogens with one attached hydrogen (secondary N) is 1. The third kappa shape index (κ3) is 5.46. The molecular formula is C25H24F2N4O3S. The normalized spacial score (nSPS) is 16.0. The van der Waals surface area contributed by atoms with Crippen LogP contribution in [0, 0.1) is 11.3 Å². The first kappa shape index (κ1) is 24.7. The van der Waals surface area contributed by atoms with Crippen LogP contribution in [0.3, 0.4) is 0 Å². The zero-order valence-corrected chi connectivity index (χ0v) is 19.9. The van der Waals surface area contributed by atoms with E-state index in [9.17, 15) is 23.6 Å². The van der Waals surface area contributed by atoms with E-state index < -0.39 is 17.4 Å². The molecule has 182 valence electrons. The molecule has 1 aliphatic carbocycles. The van der Waals surface area contributed by atoms with Gasteiger partial charge in [-0.2, -0.15) is 14.0 Å². The van der Waals surface area contributed by atoms with Crippen molar-refractivity contribution in [3.63, 3.8) is 0 Å². The first-order chi connectivity index (χ1) is 16.8. The monoisotopic (exact) mass is 498 g/mol. The summed E-state index contributed by atoms with van der Waals surface area (Å²) in [4.78, 5) is 31.0. The summed E-state index contributed by atoms with van der Waals surface area (Å²) >= 11 is 1.09. The van der Waals surface area contributed by atoms with Gasteiger partial charge in [0.05, 0.1) is 27.9 Å². The van der Waals surface area contributed by atoms with Crippen molar-refractivity contribution in [2.75, 3.05) is 0 Å². The topological polar surface area (TPSA) is 97.0 Å². The van der Waals surface area contributed by atoms with E-state index in [-0.39, 0.29) is 22.4 Å². The Labute approximate surface area is 205 Å². The quantitative estimate of drug-likeness (QED) is 0.371. The molecule has 1 aliphatic rings. The number of carbonyl (C=O) groups excluding carboxylic acids is 1. The summed E-state index contributed by atoms with van der Waals surface area (Å²) in [5.74, 6) is -0.352. The maximum absolute atomic E-state index is 13.4. The van der Waals surface area contributed by atoms with Gasteiger partial charge in [-0.3, -0.25) is 14.2 Å². The van der Waals surface area contributed by atoms with Crippen molar-refractivity contribution in [2.24, 2.45) is 0 Å². The number of hydrogen-bond acceptors (Lipinski definition) is 6. The number of fused-ring (bicyclic) bond motifs is 1. The number of rotatable bonds is 7. The van der Waals surface area contributed by atoms with Crippen molar-refractivity contribution in [2.45, 2.75) is 61.6 Å². The second-order valence-electron chi connectivity index (χ2n) is 8.43. The van der Waals surface area contributed by atoms with Gasteiger partial charge < -0.3 is 10.1 Å². The molecule has 1 saturated carbocycles. The number of benzene rings is 2. The Morgan fingerprint density at radius 1 is 1.17 bits per heavy atom. The molecule has 0 radical (unpaired) electrons. The number of thioether (sulfide) groups is 1. The zero-order valence-electron chi connectivity index (χ0n) is 19.0. The van der Waals surface area contributed by atoms with Crippen LogP contribution in [0.5, 0.6) is 5.75 Å². The molecule has 4 rings (SSSR count). The van der Waals surface area contributed by atoms with Gasteiger partial charge in [0.25, 0.3) is 5.56 Å². The molecule has 1 aromatic heterocycles. The van der Waals surface area contributed by atoms with E-state index >= 15 is 0 Å². The average Bonchev–Trinajstić information content (AvgIpc) is 2.85. The molecule has 1 atom stereocenters.